The van der Waals surface area contributed by atoms with Crippen LogP contribution < -0.4 is 22.5 Å². The third-order valence-corrected chi connectivity index (χ3v) is 1.68. The van der Waals surface area contributed by atoms with Gasteiger partial charge < -0.3 is 38.2 Å². The van der Waals surface area contributed by atoms with Crippen LogP contribution in [0, 0.1) is 0 Å². The van der Waals surface area contributed by atoms with E-state index < -0.39 is 11.9 Å². The van der Waals surface area contributed by atoms with Crippen LogP contribution in [-0.2, 0) is 28.8 Å². The van der Waals surface area contributed by atoms with Crippen molar-refractivity contribution in [2.24, 2.45) is 5.73 Å². The Kier molecular flexibility index (Phi) is 71.0. The molecular weight excluding hydrogens is 368 g/mol. The first-order chi connectivity index (χ1) is 11.6. The molecule has 0 heterocycles. The number of unbranched alkanes of at least 4 members (excludes halogenated alkanes) is 1. The molecule has 0 aromatic rings. The van der Waals surface area contributed by atoms with Crippen molar-refractivity contribution in [3.05, 3.63) is 0 Å². The van der Waals surface area contributed by atoms with Crippen LogP contribution in [0.5, 0.6) is 0 Å². The highest BCUT2D eigenvalue weighted by atomic mass is 16.4. The molecular formula is C14H34N4O9. The number of amides is 2. The Morgan fingerprint density at radius 3 is 1.33 bits per heavy atom. The number of nitrogens with one attached hydrogen (secondary N) is 2. The summed E-state index contributed by atoms with van der Waals surface area (Å²) in [5.41, 5.74) is 4.50. The van der Waals surface area contributed by atoms with Crippen molar-refractivity contribution in [2.45, 2.75) is 39.5 Å². The summed E-state index contributed by atoms with van der Waals surface area (Å²) in [4.78, 5) is 55.6. The largest absolute Gasteiger partial charge is 0.481 e. The topological polar surface area (TPSA) is 259 Å². The number of carbonyl (C=O) groups is 4. The Morgan fingerprint density at radius 1 is 0.889 bits per heavy atom. The molecule has 0 saturated heterocycles. The number of carboxylic acid groups (broad SMARTS) is 2. The van der Waals surface area contributed by atoms with Crippen LogP contribution in [0.25, 0.3) is 0 Å². The van der Waals surface area contributed by atoms with Gasteiger partial charge in [0.2, 0.25) is 11.8 Å². The molecule has 0 aliphatic carbocycles. The summed E-state index contributed by atoms with van der Waals surface area (Å²) in [6.07, 6.45) is 2.04. The van der Waals surface area contributed by atoms with Crippen LogP contribution in [0.4, 0.5) is 0 Å². The molecule has 13 nitrogen and oxygen atoms in total. The third-order valence-electron chi connectivity index (χ3n) is 1.68. The predicted octanol–water partition coefficient (Wildman–Crippen LogP) is -1.45. The second kappa shape index (κ2) is 43.5. The van der Waals surface area contributed by atoms with Gasteiger partial charge >= 0.3 is 12.1 Å². The van der Waals surface area contributed by atoms with Gasteiger partial charge in [0.15, 0.2) is 0 Å². The van der Waals surface area contributed by atoms with Gasteiger partial charge in [-0.1, -0.05) is 0 Å². The smallest absolute Gasteiger partial charge is 0.373 e. The van der Waals surface area contributed by atoms with E-state index in [1.165, 1.54) is 14.0 Å². The summed E-state index contributed by atoms with van der Waals surface area (Å²) < 4.78 is 0. The van der Waals surface area contributed by atoms with Gasteiger partial charge in [-0.15, -0.1) is 0 Å². The first-order valence-corrected chi connectivity index (χ1v) is 6.96. The zero-order valence-electron chi connectivity index (χ0n) is 16.5. The highest BCUT2D eigenvalue weighted by Crippen LogP contribution is 1.98. The maximum atomic E-state index is 10.6. The molecule has 13 heteroatoms. The van der Waals surface area contributed by atoms with Crippen molar-refractivity contribution in [2.75, 3.05) is 21.1 Å². The van der Waals surface area contributed by atoms with Crippen LogP contribution in [-0.4, -0.2) is 66.7 Å². The van der Waals surface area contributed by atoms with Crippen molar-refractivity contribution in [1.29, 1.82) is 0 Å². The predicted molar refractivity (Wildman–Crippen MR) is 97.0 cm³/mol. The summed E-state index contributed by atoms with van der Waals surface area (Å²) in [6, 6.07) is 0. The number of nitrogens with two attached hydrogens (primary N) is 1. The second-order valence-electron chi connectivity index (χ2n) is 3.68. The molecule has 0 aliphatic rings. The number of hydrogen-bond donors (Lipinski definition) is 6. The quantitative estimate of drug-likeness (QED) is 0.291. The van der Waals surface area contributed by atoms with Gasteiger partial charge in [0.1, 0.15) is 0 Å². The number of rotatable bonds is 5. The van der Waals surface area contributed by atoms with Gasteiger partial charge in [-0.2, -0.15) is 9.59 Å². The molecule has 0 rings (SSSR count). The monoisotopic (exact) mass is 402 g/mol. The maximum absolute atomic E-state index is 10.6. The molecule has 2 amide bonds. The summed E-state index contributed by atoms with van der Waals surface area (Å²) in [7, 11) is 4.67. The molecule has 0 aliphatic heterocycles. The molecule has 0 spiro atoms. The standard InChI is InChI=1S/C7H13NO3.C3H7NO.C2H4O2.CH5N.CO2.H3N.H2O/c1-8-6(9)4-2-3-5-7(10)11;1-3(5)4-2;1-2(3)4;1-2;2-1-3;;/h2-5H2,1H3,(H,8,9)(H,10,11);1-2H3,(H,4,5);1H3,(H,3,4);2H2,1H3;;1H3;1H2. The van der Waals surface area contributed by atoms with Crippen LogP contribution in [0.1, 0.15) is 39.5 Å². The Bertz CT molecular complexity index is 381. The fourth-order valence-corrected chi connectivity index (χ4v) is 0.687. The van der Waals surface area contributed by atoms with Crippen molar-refractivity contribution in [1.82, 2.24) is 16.8 Å². The van der Waals surface area contributed by atoms with Gasteiger partial charge in [-0.3, -0.25) is 19.2 Å². The van der Waals surface area contributed by atoms with E-state index in [9.17, 15) is 14.4 Å². The average molecular weight is 402 g/mol. The van der Waals surface area contributed by atoms with Gasteiger partial charge in [-0.25, -0.2) is 0 Å². The normalized spacial score (nSPS) is 6.44. The van der Waals surface area contributed by atoms with Crippen LogP contribution in [0.2, 0.25) is 0 Å². The number of aliphatic carboxylic acids is 2. The molecule has 164 valence electrons. The minimum absolute atomic E-state index is 0. The number of carboxylic acids is 2. The molecule has 11 N–H and O–H groups in total. The van der Waals surface area contributed by atoms with E-state index in [-0.39, 0.29) is 36.0 Å². The Morgan fingerprint density at radius 2 is 1.15 bits per heavy atom. The average Bonchev–Trinajstić information content (AvgIpc) is 2.53. The lowest BCUT2D eigenvalue weighted by molar-refractivity contribution is -0.191. The van der Waals surface area contributed by atoms with Crippen LogP contribution in [0.15, 0.2) is 0 Å². The highest BCUT2D eigenvalue weighted by molar-refractivity contribution is 5.75. The molecule has 0 unspecified atom stereocenters. The maximum Gasteiger partial charge on any atom is 0.373 e. The Hall–Kier alpha value is -2.86. The van der Waals surface area contributed by atoms with Gasteiger partial charge in [-0.05, 0) is 19.9 Å². The first-order valence-electron chi connectivity index (χ1n) is 6.96. The molecule has 0 radical (unpaired) electrons. The lowest BCUT2D eigenvalue weighted by Gasteiger charge is -1.96. The van der Waals surface area contributed by atoms with Crippen molar-refractivity contribution >= 4 is 29.9 Å². The van der Waals surface area contributed by atoms with E-state index in [4.69, 9.17) is 24.6 Å². The number of carbonyl (C=O) groups excluding carboxylic acids is 4. The molecule has 0 aromatic heterocycles. The second-order valence-corrected chi connectivity index (χ2v) is 3.68. The summed E-state index contributed by atoms with van der Waals surface area (Å²) >= 11 is 0. The van der Waals surface area contributed by atoms with E-state index >= 15 is 0 Å². The summed E-state index contributed by atoms with van der Waals surface area (Å²) in [5.74, 6) is -1.66. The third kappa shape index (κ3) is 156. The Balaban J connectivity index is -0.0000000424. The van der Waals surface area contributed by atoms with Crippen LogP contribution in [0.3, 0.4) is 0 Å². The molecule has 27 heavy (non-hydrogen) atoms. The lowest BCUT2D eigenvalue weighted by atomic mass is 10.2. The van der Waals surface area contributed by atoms with Crippen molar-refractivity contribution in [3.63, 3.8) is 0 Å². The highest BCUT2D eigenvalue weighted by Gasteiger charge is 1.99. The molecule has 0 fully saturated rings. The van der Waals surface area contributed by atoms with Crippen molar-refractivity contribution in [3.8, 4) is 0 Å². The fourth-order valence-electron chi connectivity index (χ4n) is 0.687. The summed E-state index contributed by atoms with van der Waals surface area (Å²) in [6.45, 7) is 2.56. The minimum atomic E-state index is -0.833. The summed E-state index contributed by atoms with van der Waals surface area (Å²) in [5, 5.41) is 20.5. The lowest BCUT2D eigenvalue weighted by Crippen LogP contribution is -2.16. The molecule has 0 atom stereocenters. The van der Waals surface area contributed by atoms with E-state index in [0.29, 0.717) is 19.3 Å². The zero-order chi connectivity index (χ0) is 21.3. The van der Waals surface area contributed by atoms with Gasteiger partial charge in [0, 0.05) is 40.8 Å². The van der Waals surface area contributed by atoms with Gasteiger partial charge in [0.25, 0.3) is 5.97 Å². The molecule has 0 saturated carbocycles. The van der Waals surface area contributed by atoms with E-state index in [1.807, 2.05) is 0 Å². The minimum Gasteiger partial charge on any atom is -0.481 e. The first kappa shape index (κ1) is 44.0. The van der Waals surface area contributed by atoms with Crippen molar-refractivity contribution < 1.29 is 44.5 Å². The van der Waals surface area contributed by atoms with E-state index in [0.717, 1.165) is 6.92 Å². The van der Waals surface area contributed by atoms with Gasteiger partial charge in [0.05, 0.1) is 0 Å². The van der Waals surface area contributed by atoms with E-state index in [2.05, 4.69) is 16.4 Å². The molecule has 0 bridgehead atoms. The SMILES string of the molecule is CC(=O)O.CN.CNC(=O)CCCCC(=O)O.CNC(C)=O.N.O.O=C=O. The fraction of sp³-hybridized carbons (Fsp3) is 0.643. The van der Waals surface area contributed by atoms with E-state index in [1.54, 1.807) is 14.1 Å². The van der Waals surface area contributed by atoms with Crippen LogP contribution >= 0.6 is 0 Å². The zero-order valence-corrected chi connectivity index (χ0v) is 16.5. The molecule has 0 aromatic carbocycles. The Labute approximate surface area is 158 Å². The number of hydrogen-bond acceptors (Lipinski definition) is 8.